The Morgan fingerprint density at radius 1 is 1.25 bits per heavy atom. The molecular weight excluding hydrogens is 221 g/mol. The van der Waals surface area contributed by atoms with E-state index in [0.29, 0.717) is 6.04 Å². The Balaban J connectivity index is 2.38. The van der Waals surface area contributed by atoms with E-state index in [1.54, 1.807) is 11.8 Å². The van der Waals surface area contributed by atoms with E-state index in [-0.39, 0.29) is 5.82 Å². The van der Waals surface area contributed by atoms with Gasteiger partial charge >= 0.3 is 0 Å². The molecule has 1 aromatic carbocycles. The van der Waals surface area contributed by atoms with Crippen LogP contribution in [0.25, 0.3) is 0 Å². The van der Waals surface area contributed by atoms with Crippen molar-refractivity contribution in [3.8, 4) is 0 Å². The van der Waals surface area contributed by atoms with Crippen LogP contribution in [0.15, 0.2) is 29.2 Å². The molecule has 0 fully saturated rings. The molecule has 1 nitrogen and oxygen atoms in total. The number of benzene rings is 1. The van der Waals surface area contributed by atoms with E-state index in [9.17, 15) is 4.39 Å². The zero-order valence-electron chi connectivity index (χ0n) is 10.0. The van der Waals surface area contributed by atoms with Gasteiger partial charge in [0.15, 0.2) is 0 Å². The Morgan fingerprint density at radius 2 is 1.94 bits per heavy atom. The molecule has 0 aromatic heterocycles. The van der Waals surface area contributed by atoms with Gasteiger partial charge in [0.05, 0.1) is 0 Å². The van der Waals surface area contributed by atoms with Crippen molar-refractivity contribution in [3.05, 3.63) is 30.1 Å². The van der Waals surface area contributed by atoms with Crippen molar-refractivity contribution in [3.63, 3.8) is 0 Å². The highest BCUT2D eigenvalue weighted by Gasteiger charge is 2.06. The molecule has 0 radical (unpaired) electrons. The first kappa shape index (κ1) is 13.5. The molecule has 0 saturated carbocycles. The van der Waals surface area contributed by atoms with E-state index >= 15 is 0 Å². The molecule has 0 unspecified atom stereocenters. The molecule has 1 atom stereocenters. The maximum Gasteiger partial charge on any atom is 0.123 e. The minimum absolute atomic E-state index is 0.166. The molecule has 0 spiro atoms. The molecule has 16 heavy (non-hydrogen) atoms. The lowest BCUT2D eigenvalue weighted by molar-refractivity contribution is 0.531. The molecular formula is C13H20FNS. The predicted molar refractivity (Wildman–Crippen MR) is 69.5 cm³/mol. The molecule has 0 aliphatic rings. The minimum Gasteiger partial charge on any atom is -0.313 e. The van der Waals surface area contributed by atoms with E-state index < -0.39 is 0 Å². The monoisotopic (exact) mass is 241 g/mol. The lowest BCUT2D eigenvalue weighted by atomic mass is 10.2. The third kappa shape index (κ3) is 4.99. The SMILES string of the molecule is CCC[C@@H](CSc1ccc(F)cc1)NCC. The summed E-state index contributed by atoms with van der Waals surface area (Å²) in [6, 6.07) is 7.28. The zero-order chi connectivity index (χ0) is 11.8. The molecule has 0 aliphatic heterocycles. The summed E-state index contributed by atoms with van der Waals surface area (Å²) in [6.45, 7) is 5.34. The van der Waals surface area contributed by atoms with Gasteiger partial charge in [0.25, 0.3) is 0 Å². The second kappa shape index (κ2) is 7.69. The number of hydrogen-bond donors (Lipinski definition) is 1. The van der Waals surface area contributed by atoms with Crippen molar-refractivity contribution >= 4 is 11.8 Å². The van der Waals surface area contributed by atoms with E-state index in [4.69, 9.17) is 0 Å². The van der Waals surface area contributed by atoms with Gasteiger partial charge in [-0.1, -0.05) is 20.3 Å². The smallest absolute Gasteiger partial charge is 0.123 e. The first-order chi connectivity index (χ1) is 7.76. The van der Waals surface area contributed by atoms with Gasteiger partial charge < -0.3 is 5.32 Å². The Labute approximate surface area is 102 Å². The van der Waals surface area contributed by atoms with Crippen molar-refractivity contribution in [1.29, 1.82) is 0 Å². The average Bonchev–Trinajstić information content (AvgIpc) is 2.29. The van der Waals surface area contributed by atoms with Gasteiger partial charge in [0.2, 0.25) is 0 Å². The quantitative estimate of drug-likeness (QED) is 0.731. The third-order valence-electron chi connectivity index (χ3n) is 2.39. The fourth-order valence-electron chi connectivity index (χ4n) is 1.61. The Bertz CT molecular complexity index is 280. The van der Waals surface area contributed by atoms with Gasteiger partial charge in [0.1, 0.15) is 5.82 Å². The zero-order valence-corrected chi connectivity index (χ0v) is 10.8. The highest BCUT2D eigenvalue weighted by Crippen LogP contribution is 2.20. The van der Waals surface area contributed by atoms with Crippen LogP contribution in [0, 0.1) is 5.82 Å². The van der Waals surface area contributed by atoms with Gasteiger partial charge in [-0.2, -0.15) is 0 Å². The number of halogens is 1. The number of rotatable bonds is 7. The van der Waals surface area contributed by atoms with Crippen LogP contribution >= 0.6 is 11.8 Å². The molecule has 1 aromatic rings. The van der Waals surface area contributed by atoms with E-state index in [2.05, 4.69) is 19.2 Å². The van der Waals surface area contributed by atoms with Crippen LogP contribution < -0.4 is 5.32 Å². The second-order valence-electron chi connectivity index (χ2n) is 3.81. The first-order valence-electron chi connectivity index (χ1n) is 5.88. The van der Waals surface area contributed by atoms with Crippen molar-refractivity contribution in [1.82, 2.24) is 5.32 Å². The summed E-state index contributed by atoms with van der Waals surface area (Å²) in [6.07, 6.45) is 2.39. The molecule has 1 rings (SSSR count). The maximum atomic E-state index is 12.7. The summed E-state index contributed by atoms with van der Waals surface area (Å²) < 4.78 is 12.7. The highest BCUT2D eigenvalue weighted by molar-refractivity contribution is 7.99. The van der Waals surface area contributed by atoms with Crippen molar-refractivity contribution < 1.29 is 4.39 Å². The topological polar surface area (TPSA) is 12.0 Å². The van der Waals surface area contributed by atoms with Crippen LogP contribution in [0.4, 0.5) is 4.39 Å². The van der Waals surface area contributed by atoms with Crippen LogP contribution in [0.1, 0.15) is 26.7 Å². The summed E-state index contributed by atoms with van der Waals surface area (Å²) in [5, 5.41) is 3.47. The molecule has 0 amide bonds. The number of nitrogens with one attached hydrogen (secondary N) is 1. The van der Waals surface area contributed by atoms with Gasteiger partial charge in [-0.05, 0) is 37.2 Å². The van der Waals surface area contributed by atoms with E-state index in [0.717, 1.165) is 17.2 Å². The van der Waals surface area contributed by atoms with Crippen LogP contribution in [0.2, 0.25) is 0 Å². The summed E-state index contributed by atoms with van der Waals surface area (Å²) in [7, 11) is 0. The van der Waals surface area contributed by atoms with Crippen molar-refractivity contribution in [2.24, 2.45) is 0 Å². The maximum absolute atomic E-state index is 12.7. The molecule has 0 bridgehead atoms. The van der Waals surface area contributed by atoms with Crippen molar-refractivity contribution in [2.75, 3.05) is 12.3 Å². The molecule has 90 valence electrons. The summed E-state index contributed by atoms with van der Waals surface area (Å²) in [5.74, 6) is 0.883. The molecule has 0 saturated heterocycles. The summed E-state index contributed by atoms with van der Waals surface area (Å²) in [4.78, 5) is 1.14. The van der Waals surface area contributed by atoms with E-state index in [1.165, 1.54) is 25.0 Å². The number of hydrogen-bond acceptors (Lipinski definition) is 2. The van der Waals surface area contributed by atoms with Crippen LogP contribution in [0.3, 0.4) is 0 Å². The Kier molecular flexibility index (Phi) is 6.50. The average molecular weight is 241 g/mol. The first-order valence-corrected chi connectivity index (χ1v) is 6.86. The van der Waals surface area contributed by atoms with Crippen LogP contribution in [0.5, 0.6) is 0 Å². The standard InChI is InChI=1S/C13H20FNS/c1-3-5-12(15-4-2)10-16-13-8-6-11(14)7-9-13/h6-9,12,15H,3-5,10H2,1-2H3/t12-/m0/s1. The predicted octanol–water partition coefficient (Wildman–Crippen LogP) is 3.70. The van der Waals surface area contributed by atoms with Gasteiger partial charge in [-0.15, -0.1) is 11.8 Å². The highest BCUT2D eigenvalue weighted by atomic mass is 32.2. The summed E-state index contributed by atoms with van der Waals surface area (Å²) in [5.41, 5.74) is 0. The molecule has 3 heteroatoms. The minimum atomic E-state index is -0.166. The molecule has 1 N–H and O–H groups in total. The van der Waals surface area contributed by atoms with Gasteiger partial charge in [-0.3, -0.25) is 0 Å². The fraction of sp³-hybridized carbons (Fsp3) is 0.538. The lowest BCUT2D eigenvalue weighted by Gasteiger charge is -2.16. The van der Waals surface area contributed by atoms with Crippen LogP contribution in [-0.2, 0) is 0 Å². The molecule has 0 aliphatic carbocycles. The summed E-state index contributed by atoms with van der Waals surface area (Å²) >= 11 is 1.79. The Hall–Kier alpha value is -0.540. The molecule has 0 heterocycles. The van der Waals surface area contributed by atoms with Crippen LogP contribution in [-0.4, -0.2) is 18.3 Å². The second-order valence-corrected chi connectivity index (χ2v) is 4.90. The fourth-order valence-corrected chi connectivity index (χ4v) is 2.62. The third-order valence-corrected chi connectivity index (χ3v) is 3.57. The largest absolute Gasteiger partial charge is 0.313 e. The number of thioether (sulfide) groups is 1. The lowest BCUT2D eigenvalue weighted by Crippen LogP contribution is -2.30. The van der Waals surface area contributed by atoms with E-state index in [1.807, 2.05) is 12.1 Å². The van der Waals surface area contributed by atoms with Crippen molar-refractivity contribution in [2.45, 2.75) is 37.6 Å². The Morgan fingerprint density at radius 3 is 2.50 bits per heavy atom. The normalized spacial score (nSPS) is 12.7. The van der Waals surface area contributed by atoms with Gasteiger partial charge in [-0.25, -0.2) is 4.39 Å². The van der Waals surface area contributed by atoms with Gasteiger partial charge in [0, 0.05) is 16.7 Å².